The summed E-state index contributed by atoms with van der Waals surface area (Å²) in [7, 11) is 0. The molecule has 0 bridgehead atoms. The minimum atomic E-state index is 0.740. The molecule has 0 saturated heterocycles. The Morgan fingerprint density at radius 2 is 0.955 bits per heavy atom. The zero-order valence-corrected chi connectivity index (χ0v) is 31.0. The van der Waals surface area contributed by atoms with Crippen molar-refractivity contribution in [2.45, 2.75) is 74.7 Å². The average molecular weight is 669 g/mol. The smallest absolute Gasteiger partial charge is 0.00544 e. The first-order chi connectivity index (χ1) is 21.1. The highest BCUT2D eigenvalue weighted by molar-refractivity contribution is 9.09. The predicted octanol–water partition coefficient (Wildman–Crippen LogP) is 9.54. The van der Waals surface area contributed by atoms with E-state index in [0.29, 0.717) is 0 Å². The Kier molecular flexibility index (Phi) is 27.2. The fraction of sp³-hybridized carbons (Fsp3) is 0.550. The van der Waals surface area contributed by atoms with E-state index in [-0.39, 0.29) is 0 Å². The second-order valence-electron chi connectivity index (χ2n) is 13.2. The molecule has 0 aromatic heterocycles. The van der Waals surface area contributed by atoms with Crippen molar-refractivity contribution in [3.05, 3.63) is 108 Å². The summed E-state index contributed by atoms with van der Waals surface area (Å²) in [6.45, 7) is 24.6. The van der Waals surface area contributed by atoms with E-state index in [4.69, 9.17) is 5.73 Å². The maximum Gasteiger partial charge on any atom is 0.00544 e. The van der Waals surface area contributed by atoms with Crippen LogP contribution in [0.2, 0.25) is 0 Å². The van der Waals surface area contributed by atoms with E-state index in [1.165, 1.54) is 42.7 Å². The molecule has 0 heterocycles. The fourth-order valence-electron chi connectivity index (χ4n) is 4.30. The maximum atomic E-state index is 5.36. The number of nitrogens with zero attached hydrogens (tertiary/aromatic N) is 1. The minimum absolute atomic E-state index is 0.740. The van der Waals surface area contributed by atoms with E-state index in [2.05, 4.69) is 154 Å². The van der Waals surface area contributed by atoms with Crippen molar-refractivity contribution in [2.24, 2.45) is 29.4 Å². The zero-order valence-electron chi connectivity index (χ0n) is 29.4. The Hall–Kier alpha value is -1.98. The molecule has 0 aliphatic heterocycles. The van der Waals surface area contributed by atoms with Crippen molar-refractivity contribution in [3.8, 4) is 0 Å². The number of hydrogen-bond acceptors (Lipinski definition) is 3. The molecule has 248 valence electrons. The normalized spacial score (nSPS) is 10.7. The highest BCUT2D eigenvalue weighted by Crippen LogP contribution is 2.07. The Morgan fingerprint density at radius 1 is 0.568 bits per heavy atom. The Balaban J connectivity index is 0.000000606. The number of nitrogens with two attached hydrogens (primary N) is 1. The lowest BCUT2D eigenvalue weighted by Gasteiger charge is -2.26. The molecule has 0 saturated carbocycles. The van der Waals surface area contributed by atoms with Crippen LogP contribution in [0, 0.1) is 23.7 Å². The molecule has 0 atom stereocenters. The van der Waals surface area contributed by atoms with E-state index >= 15 is 0 Å². The largest absolute Gasteiger partial charge is 0.330 e. The summed E-state index contributed by atoms with van der Waals surface area (Å²) < 4.78 is 0. The standard InChI is InChI=1S/C16H27N.C12H19N.C8H11N.C4H9Br/c1-14(2)12-17(13-15(3)4)11-10-16-8-6-5-7-9-16;1-11(2)10-13-9-8-12-6-4-3-5-7-12;9-7-6-8-4-2-1-3-5-8;1-4(2)3-5/h5-9,14-15H,10-13H2,1-4H3;3-7,11,13H,8-10H2,1-2H3;1-5H,6-7,9H2;4H,3H2,1-2H3. The van der Waals surface area contributed by atoms with Crippen LogP contribution < -0.4 is 11.1 Å². The van der Waals surface area contributed by atoms with Crippen molar-refractivity contribution >= 4 is 15.9 Å². The molecular formula is C40H66BrN3. The number of rotatable bonds is 15. The third kappa shape index (κ3) is 27.6. The number of halogens is 1. The molecule has 3 nitrogen and oxygen atoms in total. The van der Waals surface area contributed by atoms with Crippen LogP contribution in [0.1, 0.15) is 72.1 Å². The first-order valence-corrected chi connectivity index (χ1v) is 18.0. The van der Waals surface area contributed by atoms with Gasteiger partial charge in [0, 0.05) is 25.0 Å². The number of alkyl halides is 1. The average Bonchev–Trinajstić information content (AvgIpc) is 3.00. The highest BCUT2D eigenvalue weighted by atomic mass is 79.9. The predicted molar refractivity (Wildman–Crippen MR) is 202 cm³/mol. The Labute approximate surface area is 281 Å². The fourth-order valence-corrected chi connectivity index (χ4v) is 4.30. The van der Waals surface area contributed by atoms with Crippen molar-refractivity contribution < 1.29 is 0 Å². The summed E-state index contributed by atoms with van der Waals surface area (Å²) >= 11 is 3.31. The molecule has 0 spiro atoms. The molecule has 0 aliphatic rings. The van der Waals surface area contributed by atoms with Gasteiger partial charge in [0.25, 0.3) is 0 Å². The molecule has 0 unspecified atom stereocenters. The second kappa shape index (κ2) is 28.5. The maximum absolute atomic E-state index is 5.36. The van der Waals surface area contributed by atoms with Gasteiger partial charge in [-0.3, -0.25) is 0 Å². The third-order valence-corrected chi connectivity index (χ3v) is 7.67. The van der Waals surface area contributed by atoms with Gasteiger partial charge in [-0.25, -0.2) is 0 Å². The van der Waals surface area contributed by atoms with Crippen LogP contribution in [0.5, 0.6) is 0 Å². The van der Waals surface area contributed by atoms with Crippen LogP contribution in [0.4, 0.5) is 0 Å². The van der Waals surface area contributed by atoms with Crippen molar-refractivity contribution in [1.82, 2.24) is 10.2 Å². The second-order valence-corrected chi connectivity index (χ2v) is 13.8. The van der Waals surface area contributed by atoms with Gasteiger partial charge in [0.15, 0.2) is 0 Å². The molecule has 3 rings (SSSR count). The van der Waals surface area contributed by atoms with Crippen LogP contribution in [0.15, 0.2) is 91.0 Å². The van der Waals surface area contributed by atoms with Crippen LogP contribution in [-0.2, 0) is 19.3 Å². The molecule has 0 amide bonds. The van der Waals surface area contributed by atoms with Gasteiger partial charge in [0.1, 0.15) is 0 Å². The van der Waals surface area contributed by atoms with Crippen LogP contribution in [-0.4, -0.2) is 49.5 Å². The summed E-state index contributed by atoms with van der Waals surface area (Å²) in [5, 5.41) is 4.55. The first kappa shape index (κ1) is 42.0. The van der Waals surface area contributed by atoms with E-state index in [1.54, 1.807) is 0 Å². The van der Waals surface area contributed by atoms with Gasteiger partial charge in [0.2, 0.25) is 0 Å². The third-order valence-electron chi connectivity index (χ3n) is 6.38. The molecule has 0 fully saturated rings. The molecule has 3 N–H and O–H groups in total. The number of hydrogen-bond donors (Lipinski definition) is 2. The lowest BCUT2D eigenvalue weighted by atomic mass is 10.1. The lowest BCUT2D eigenvalue weighted by Crippen LogP contribution is -2.33. The molecule has 0 aliphatic carbocycles. The van der Waals surface area contributed by atoms with Gasteiger partial charge < -0.3 is 16.0 Å². The highest BCUT2D eigenvalue weighted by Gasteiger charge is 2.09. The SMILES string of the molecule is CC(C)CBr.CC(C)CN(CCc1ccccc1)CC(C)C.CC(C)CNCCc1ccccc1.NCCc1ccccc1. The minimum Gasteiger partial charge on any atom is -0.330 e. The van der Waals surface area contributed by atoms with Crippen molar-refractivity contribution in [3.63, 3.8) is 0 Å². The van der Waals surface area contributed by atoms with Gasteiger partial charge in [-0.05, 0) is 79.3 Å². The number of benzene rings is 3. The van der Waals surface area contributed by atoms with Gasteiger partial charge in [-0.1, -0.05) is 162 Å². The summed E-state index contributed by atoms with van der Waals surface area (Å²) in [6.07, 6.45) is 3.29. The topological polar surface area (TPSA) is 41.3 Å². The molecular weight excluding hydrogens is 602 g/mol. The van der Waals surface area contributed by atoms with E-state index in [9.17, 15) is 0 Å². The lowest BCUT2D eigenvalue weighted by molar-refractivity contribution is 0.222. The van der Waals surface area contributed by atoms with Crippen LogP contribution in [0.3, 0.4) is 0 Å². The number of nitrogens with one attached hydrogen (secondary N) is 1. The van der Waals surface area contributed by atoms with Gasteiger partial charge in [0.05, 0.1) is 0 Å². The van der Waals surface area contributed by atoms with Crippen LogP contribution in [0.25, 0.3) is 0 Å². The van der Waals surface area contributed by atoms with E-state index in [0.717, 1.165) is 61.5 Å². The van der Waals surface area contributed by atoms with Gasteiger partial charge in [-0.2, -0.15) is 0 Å². The molecule has 4 heteroatoms. The summed E-state index contributed by atoms with van der Waals surface area (Å²) in [5.74, 6) is 3.06. The van der Waals surface area contributed by atoms with Crippen LogP contribution >= 0.6 is 15.9 Å². The monoisotopic (exact) mass is 667 g/mol. The Bertz CT molecular complexity index is 965. The van der Waals surface area contributed by atoms with E-state index in [1.807, 2.05) is 18.2 Å². The van der Waals surface area contributed by atoms with Crippen molar-refractivity contribution in [1.29, 1.82) is 0 Å². The van der Waals surface area contributed by atoms with E-state index < -0.39 is 0 Å². The first-order valence-electron chi connectivity index (χ1n) is 16.9. The quantitative estimate of drug-likeness (QED) is 0.125. The summed E-state index contributed by atoms with van der Waals surface area (Å²) in [4.78, 5) is 2.60. The zero-order chi connectivity index (χ0) is 33.0. The molecule has 3 aromatic rings. The molecule has 0 radical (unpaired) electrons. The molecule has 44 heavy (non-hydrogen) atoms. The van der Waals surface area contributed by atoms with Gasteiger partial charge >= 0.3 is 0 Å². The van der Waals surface area contributed by atoms with Crippen molar-refractivity contribution in [2.75, 3.05) is 44.6 Å². The van der Waals surface area contributed by atoms with Gasteiger partial charge in [-0.15, -0.1) is 0 Å². The Morgan fingerprint density at radius 3 is 1.30 bits per heavy atom. The molecule has 3 aromatic carbocycles. The summed E-state index contributed by atoms with van der Waals surface area (Å²) in [5.41, 5.74) is 9.54. The summed E-state index contributed by atoms with van der Waals surface area (Å²) in [6, 6.07) is 31.7.